The van der Waals surface area contributed by atoms with Crippen LogP contribution in [0.1, 0.15) is 36.7 Å². The molecule has 0 aliphatic carbocycles. The third kappa shape index (κ3) is 4.08. The second kappa shape index (κ2) is 8.37. The molecule has 1 aromatic carbocycles. The summed E-state index contributed by atoms with van der Waals surface area (Å²) < 4.78 is 0. The average molecular weight is 374 g/mol. The van der Waals surface area contributed by atoms with Gasteiger partial charge in [-0.25, -0.2) is 4.98 Å². The molecular weight excluding hydrogens is 352 g/mol. The lowest BCUT2D eigenvalue weighted by Gasteiger charge is -2.34. The maximum Gasteiger partial charge on any atom is 0.273 e. The molecule has 1 N–H and O–H groups in total. The van der Waals surface area contributed by atoms with Gasteiger partial charge in [0.05, 0.1) is 4.92 Å². The van der Waals surface area contributed by atoms with E-state index in [1.54, 1.807) is 17.5 Å². The third-order valence-corrected chi connectivity index (χ3v) is 5.39. The number of carbonyl (C=O) groups is 1. The van der Waals surface area contributed by atoms with E-state index in [4.69, 9.17) is 0 Å². The Morgan fingerprint density at radius 3 is 2.88 bits per heavy atom. The smallest absolute Gasteiger partial charge is 0.273 e. The van der Waals surface area contributed by atoms with Crippen LogP contribution in [0, 0.1) is 10.1 Å². The van der Waals surface area contributed by atoms with Crippen molar-refractivity contribution in [2.75, 3.05) is 19.6 Å². The first-order valence-corrected chi connectivity index (χ1v) is 9.70. The van der Waals surface area contributed by atoms with E-state index >= 15 is 0 Å². The predicted molar refractivity (Wildman–Crippen MR) is 101 cm³/mol. The van der Waals surface area contributed by atoms with Crippen LogP contribution in [0.4, 0.5) is 5.69 Å². The minimum Gasteiger partial charge on any atom is -0.334 e. The summed E-state index contributed by atoms with van der Waals surface area (Å²) in [6, 6.07) is 6.59. The Balaban J connectivity index is 1.82. The molecule has 0 unspecified atom stereocenters. The van der Waals surface area contributed by atoms with Crippen LogP contribution in [0.2, 0.25) is 0 Å². The summed E-state index contributed by atoms with van der Waals surface area (Å²) in [5.41, 5.74) is 1.10. The van der Waals surface area contributed by atoms with Crippen molar-refractivity contribution in [2.24, 2.45) is 0 Å². The molecule has 2 heterocycles. The third-order valence-electron chi connectivity index (χ3n) is 4.50. The summed E-state index contributed by atoms with van der Waals surface area (Å²) in [4.78, 5) is 29.9. The minimum absolute atomic E-state index is 0.0212. The quantitative estimate of drug-likeness (QED) is 0.619. The molecule has 0 atom stereocenters. The number of non-ortho nitro benzene ring substituents is 1. The Labute approximate surface area is 156 Å². The number of amides is 1. The number of benzene rings is 1. The first-order chi connectivity index (χ1) is 12.6. The SMILES string of the molecule is CCCN(C(=O)c1csc(-c2cccc([N+](=O)[O-])c2)n1)C1CCNCC1. The number of hydrogen-bond acceptors (Lipinski definition) is 6. The Hall–Kier alpha value is -2.32. The van der Waals surface area contributed by atoms with Crippen LogP contribution in [0.15, 0.2) is 29.6 Å². The summed E-state index contributed by atoms with van der Waals surface area (Å²) in [5, 5.41) is 16.7. The van der Waals surface area contributed by atoms with Gasteiger partial charge < -0.3 is 10.2 Å². The first kappa shape index (κ1) is 18.5. The molecule has 1 aliphatic heterocycles. The molecule has 0 spiro atoms. The predicted octanol–water partition coefficient (Wildman–Crippen LogP) is 3.32. The zero-order valence-corrected chi connectivity index (χ0v) is 15.5. The van der Waals surface area contributed by atoms with Gasteiger partial charge in [-0.05, 0) is 32.4 Å². The van der Waals surface area contributed by atoms with Crippen molar-refractivity contribution in [3.63, 3.8) is 0 Å². The van der Waals surface area contributed by atoms with Crippen molar-refractivity contribution in [3.8, 4) is 10.6 Å². The largest absolute Gasteiger partial charge is 0.334 e. The molecule has 1 saturated heterocycles. The number of rotatable bonds is 6. The van der Waals surface area contributed by atoms with Gasteiger partial charge in [-0.2, -0.15) is 0 Å². The Morgan fingerprint density at radius 1 is 1.42 bits per heavy atom. The Kier molecular flexibility index (Phi) is 5.95. The number of thiazole rings is 1. The highest BCUT2D eigenvalue weighted by molar-refractivity contribution is 7.13. The second-order valence-corrected chi connectivity index (χ2v) is 7.18. The van der Waals surface area contributed by atoms with E-state index < -0.39 is 4.92 Å². The van der Waals surface area contributed by atoms with Crippen LogP contribution in [-0.2, 0) is 0 Å². The molecule has 1 fully saturated rings. The second-order valence-electron chi connectivity index (χ2n) is 6.33. The van der Waals surface area contributed by atoms with Gasteiger partial charge in [-0.1, -0.05) is 19.1 Å². The van der Waals surface area contributed by atoms with E-state index in [1.165, 1.54) is 23.5 Å². The standard InChI is InChI=1S/C18H22N4O3S/c1-2-10-21(14-6-8-19-9-7-14)18(23)16-12-26-17(20-16)13-4-3-5-15(11-13)22(24)25/h3-5,11-12,14,19H,2,6-10H2,1H3. The van der Waals surface area contributed by atoms with E-state index in [9.17, 15) is 14.9 Å². The summed E-state index contributed by atoms with van der Waals surface area (Å²) >= 11 is 1.34. The highest BCUT2D eigenvalue weighted by atomic mass is 32.1. The van der Waals surface area contributed by atoms with E-state index in [0.717, 1.165) is 32.4 Å². The van der Waals surface area contributed by atoms with Crippen LogP contribution < -0.4 is 5.32 Å². The highest BCUT2D eigenvalue weighted by Crippen LogP contribution is 2.28. The summed E-state index contributed by atoms with van der Waals surface area (Å²) in [6.07, 6.45) is 2.80. The molecular formula is C18H22N4O3S. The number of aromatic nitrogens is 1. The summed E-state index contributed by atoms with van der Waals surface area (Å²) in [6.45, 7) is 4.63. The van der Waals surface area contributed by atoms with Gasteiger partial charge in [0.25, 0.3) is 11.6 Å². The van der Waals surface area contributed by atoms with Crippen LogP contribution >= 0.6 is 11.3 Å². The molecule has 1 aliphatic rings. The molecule has 1 aromatic heterocycles. The molecule has 1 amide bonds. The number of piperidine rings is 1. The van der Waals surface area contributed by atoms with Gasteiger partial charge in [0, 0.05) is 35.7 Å². The van der Waals surface area contributed by atoms with Gasteiger partial charge in [0.2, 0.25) is 0 Å². The fourth-order valence-corrected chi connectivity index (χ4v) is 4.00. The van der Waals surface area contributed by atoms with Crippen LogP contribution in [-0.4, -0.2) is 46.4 Å². The number of nitro groups is 1. The fourth-order valence-electron chi connectivity index (χ4n) is 3.21. The van der Waals surface area contributed by atoms with Gasteiger partial charge >= 0.3 is 0 Å². The number of hydrogen-bond donors (Lipinski definition) is 1. The van der Waals surface area contributed by atoms with E-state index in [1.807, 2.05) is 4.90 Å². The molecule has 8 heteroatoms. The molecule has 0 radical (unpaired) electrons. The van der Waals surface area contributed by atoms with E-state index in [0.29, 0.717) is 22.8 Å². The monoisotopic (exact) mass is 374 g/mol. The van der Waals surface area contributed by atoms with Crippen molar-refractivity contribution in [2.45, 2.75) is 32.2 Å². The van der Waals surface area contributed by atoms with Crippen LogP contribution in [0.3, 0.4) is 0 Å². The normalized spacial score (nSPS) is 15.0. The molecule has 0 saturated carbocycles. The van der Waals surface area contributed by atoms with Crippen molar-refractivity contribution in [3.05, 3.63) is 45.5 Å². The molecule has 138 valence electrons. The van der Waals surface area contributed by atoms with Crippen molar-refractivity contribution in [1.82, 2.24) is 15.2 Å². The minimum atomic E-state index is -0.427. The number of nitrogens with one attached hydrogen (secondary N) is 1. The lowest BCUT2D eigenvalue weighted by molar-refractivity contribution is -0.384. The van der Waals surface area contributed by atoms with E-state index in [2.05, 4.69) is 17.2 Å². The first-order valence-electron chi connectivity index (χ1n) is 8.82. The zero-order chi connectivity index (χ0) is 18.5. The fraction of sp³-hybridized carbons (Fsp3) is 0.444. The van der Waals surface area contributed by atoms with Crippen molar-refractivity contribution >= 4 is 22.9 Å². The lowest BCUT2D eigenvalue weighted by Crippen LogP contribution is -2.46. The Morgan fingerprint density at radius 2 is 2.19 bits per heavy atom. The Bertz CT molecular complexity index is 786. The highest BCUT2D eigenvalue weighted by Gasteiger charge is 2.27. The molecule has 7 nitrogen and oxygen atoms in total. The van der Waals surface area contributed by atoms with Crippen molar-refractivity contribution < 1.29 is 9.72 Å². The van der Waals surface area contributed by atoms with Gasteiger partial charge in [-0.15, -0.1) is 11.3 Å². The number of carbonyl (C=O) groups excluding carboxylic acids is 1. The van der Waals surface area contributed by atoms with Crippen molar-refractivity contribution in [1.29, 1.82) is 0 Å². The van der Waals surface area contributed by atoms with Crippen LogP contribution in [0.25, 0.3) is 10.6 Å². The topological polar surface area (TPSA) is 88.4 Å². The van der Waals surface area contributed by atoms with Crippen LogP contribution in [0.5, 0.6) is 0 Å². The van der Waals surface area contributed by atoms with Gasteiger partial charge in [0.1, 0.15) is 10.7 Å². The summed E-state index contributed by atoms with van der Waals surface area (Å²) in [7, 11) is 0. The maximum absolute atomic E-state index is 13.0. The summed E-state index contributed by atoms with van der Waals surface area (Å²) in [5.74, 6) is -0.0494. The van der Waals surface area contributed by atoms with E-state index in [-0.39, 0.29) is 17.6 Å². The number of nitro benzene ring substituents is 1. The molecule has 0 bridgehead atoms. The lowest BCUT2D eigenvalue weighted by atomic mass is 10.0. The van der Waals surface area contributed by atoms with Gasteiger partial charge in [0.15, 0.2) is 0 Å². The number of nitrogens with zero attached hydrogens (tertiary/aromatic N) is 3. The molecule has 3 rings (SSSR count). The zero-order valence-electron chi connectivity index (χ0n) is 14.7. The van der Waals surface area contributed by atoms with Gasteiger partial charge in [-0.3, -0.25) is 14.9 Å². The average Bonchev–Trinajstić information content (AvgIpc) is 3.16. The maximum atomic E-state index is 13.0. The molecule has 26 heavy (non-hydrogen) atoms. The molecule has 2 aromatic rings.